The molecule has 25 heavy (non-hydrogen) atoms. The van der Waals surface area contributed by atoms with Crippen LogP contribution in [-0.4, -0.2) is 16.1 Å². The first kappa shape index (κ1) is 17.5. The van der Waals surface area contributed by atoms with Gasteiger partial charge in [0.15, 0.2) is 0 Å². The van der Waals surface area contributed by atoms with Crippen LogP contribution in [0.25, 0.3) is 0 Å². The maximum Gasteiger partial charge on any atom is 0.309 e. The smallest absolute Gasteiger partial charge is 0.309 e. The van der Waals surface area contributed by atoms with E-state index in [1.807, 2.05) is 42.5 Å². The van der Waals surface area contributed by atoms with Crippen LogP contribution in [0, 0.1) is 0 Å². The average molecular weight is 374 g/mol. The lowest BCUT2D eigenvalue weighted by atomic mass is 10.1. The van der Waals surface area contributed by atoms with E-state index in [-0.39, 0.29) is 6.42 Å². The van der Waals surface area contributed by atoms with Crippen LogP contribution < -0.4 is 4.74 Å². The third kappa shape index (κ3) is 5.05. The largest absolute Gasteiger partial charge is 0.489 e. The number of carboxylic acids is 1. The van der Waals surface area contributed by atoms with E-state index in [2.05, 4.69) is 4.98 Å². The van der Waals surface area contributed by atoms with Crippen molar-refractivity contribution >= 4 is 28.9 Å². The van der Waals surface area contributed by atoms with Crippen LogP contribution in [0.1, 0.15) is 21.8 Å². The fourth-order valence-corrected chi connectivity index (χ4v) is 3.40. The van der Waals surface area contributed by atoms with E-state index >= 15 is 0 Å². The number of carbonyl (C=O) groups is 1. The SMILES string of the molecule is O=C(O)Cc1csc(Cc2cc(Cl)ccc2OCc2ccccc2)n1. The molecule has 0 aliphatic heterocycles. The Bertz CT molecular complexity index is 864. The maximum atomic E-state index is 10.8. The number of aromatic nitrogens is 1. The van der Waals surface area contributed by atoms with Crippen LogP contribution >= 0.6 is 22.9 Å². The van der Waals surface area contributed by atoms with Crippen molar-refractivity contribution in [3.63, 3.8) is 0 Å². The third-order valence-corrected chi connectivity index (χ3v) is 4.67. The van der Waals surface area contributed by atoms with E-state index in [9.17, 15) is 4.79 Å². The maximum absolute atomic E-state index is 10.8. The standard InChI is InChI=1S/C19H16ClNO3S/c20-15-6-7-17(24-11-13-4-2-1-3-5-13)14(8-15)9-18-21-16(12-25-18)10-19(22)23/h1-8,12H,9-11H2,(H,22,23). The summed E-state index contributed by atoms with van der Waals surface area (Å²) in [6, 6.07) is 15.4. The summed E-state index contributed by atoms with van der Waals surface area (Å²) in [4.78, 5) is 15.2. The van der Waals surface area contributed by atoms with E-state index in [1.165, 1.54) is 11.3 Å². The molecule has 1 N–H and O–H groups in total. The van der Waals surface area contributed by atoms with Crippen molar-refractivity contribution in [1.29, 1.82) is 0 Å². The van der Waals surface area contributed by atoms with Gasteiger partial charge in [0.05, 0.1) is 17.1 Å². The van der Waals surface area contributed by atoms with Gasteiger partial charge in [-0.1, -0.05) is 41.9 Å². The number of rotatable bonds is 7. The van der Waals surface area contributed by atoms with Crippen molar-refractivity contribution in [1.82, 2.24) is 4.98 Å². The minimum atomic E-state index is -0.883. The molecule has 0 fully saturated rings. The highest BCUT2D eigenvalue weighted by atomic mass is 35.5. The summed E-state index contributed by atoms with van der Waals surface area (Å²) in [6.45, 7) is 0.470. The molecular weight excluding hydrogens is 358 g/mol. The Kier molecular flexibility index (Phi) is 5.68. The zero-order chi connectivity index (χ0) is 17.6. The first-order valence-electron chi connectivity index (χ1n) is 7.70. The molecule has 0 spiro atoms. The number of hydrogen-bond acceptors (Lipinski definition) is 4. The average Bonchev–Trinajstić information content (AvgIpc) is 3.01. The molecule has 6 heteroatoms. The van der Waals surface area contributed by atoms with Crippen LogP contribution in [0.5, 0.6) is 5.75 Å². The van der Waals surface area contributed by atoms with Gasteiger partial charge in [-0.2, -0.15) is 0 Å². The number of carboxylic acid groups (broad SMARTS) is 1. The third-order valence-electron chi connectivity index (χ3n) is 3.53. The lowest BCUT2D eigenvalue weighted by Crippen LogP contribution is -2.01. The number of nitrogens with zero attached hydrogens (tertiary/aromatic N) is 1. The Labute approximate surface area is 154 Å². The number of thiazole rings is 1. The monoisotopic (exact) mass is 373 g/mol. The highest BCUT2D eigenvalue weighted by Gasteiger charge is 2.11. The highest BCUT2D eigenvalue weighted by Crippen LogP contribution is 2.27. The molecule has 3 rings (SSSR count). The minimum absolute atomic E-state index is 0.0661. The molecule has 0 amide bonds. The number of hydrogen-bond donors (Lipinski definition) is 1. The van der Waals surface area contributed by atoms with Crippen molar-refractivity contribution in [3.8, 4) is 5.75 Å². The molecule has 2 aromatic carbocycles. The minimum Gasteiger partial charge on any atom is -0.489 e. The van der Waals surface area contributed by atoms with Crippen LogP contribution in [0.3, 0.4) is 0 Å². The molecule has 0 unspecified atom stereocenters. The molecule has 0 saturated carbocycles. The zero-order valence-corrected chi connectivity index (χ0v) is 14.9. The fraction of sp³-hybridized carbons (Fsp3) is 0.158. The van der Waals surface area contributed by atoms with E-state index < -0.39 is 5.97 Å². The Balaban J connectivity index is 1.74. The number of halogens is 1. The van der Waals surface area contributed by atoms with Gasteiger partial charge in [0.1, 0.15) is 12.4 Å². The number of aliphatic carboxylic acids is 1. The Morgan fingerprint density at radius 1 is 1.20 bits per heavy atom. The molecule has 0 aliphatic rings. The molecule has 1 aromatic heterocycles. The van der Waals surface area contributed by atoms with Crippen LogP contribution in [0.2, 0.25) is 5.02 Å². The summed E-state index contributed by atoms with van der Waals surface area (Å²) in [6.07, 6.45) is 0.485. The Morgan fingerprint density at radius 3 is 2.76 bits per heavy atom. The number of ether oxygens (including phenoxy) is 1. The molecule has 3 aromatic rings. The quantitative estimate of drug-likeness (QED) is 0.657. The van der Waals surface area contributed by atoms with Crippen molar-refractivity contribution < 1.29 is 14.6 Å². The number of benzene rings is 2. The summed E-state index contributed by atoms with van der Waals surface area (Å²) in [5, 5.41) is 12.1. The van der Waals surface area contributed by atoms with E-state index in [4.69, 9.17) is 21.4 Å². The topological polar surface area (TPSA) is 59.4 Å². The van der Waals surface area contributed by atoms with Gasteiger partial charge >= 0.3 is 5.97 Å². The van der Waals surface area contributed by atoms with Gasteiger partial charge in [0, 0.05) is 22.4 Å². The van der Waals surface area contributed by atoms with Crippen molar-refractivity contribution in [2.45, 2.75) is 19.4 Å². The second-order valence-corrected chi connectivity index (χ2v) is 6.89. The fourth-order valence-electron chi connectivity index (χ4n) is 2.39. The second-order valence-electron chi connectivity index (χ2n) is 5.51. The van der Waals surface area contributed by atoms with E-state index in [0.717, 1.165) is 21.9 Å². The first-order chi connectivity index (χ1) is 12.1. The summed E-state index contributed by atoms with van der Waals surface area (Å²) >= 11 is 7.57. The van der Waals surface area contributed by atoms with Gasteiger partial charge < -0.3 is 9.84 Å². The molecule has 0 radical (unpaired) electrons. The second kappa shape index (κ2) is 8.14. The van der Waals surface area contributed by atoms with Gasteiger partial charge in [-0.05, 0) is 23.8 Å². The first-order valence-corrected chi connectivity index (χ1v) is 8.96. The van der Waals surface area contributed by atoms with E-state index in [1.54, 1.807) is 11.4 Å². The van der Waals surface area contributed by atoms with Crippen LogP contribution in [0.15, 0.2) is 53.9 Å². The zero-order valence-electron chi connectivity index (χ0n) is 13.3. The van der Waals surface area contributed by atoms with Crippen molar-refractivity contribution in [3.05, 3.63) is 80.8 Å². The summed E-state index contributed by atoms with van der Waals surface area (Å²) in [7, 11) is 0. The summed E-state index contributed by atoms with van der Waals surface area (Å²) in [5.41, 5.74) is 2.59. The van der Waals surface area contributed by atoms with Crippen molar-refractivity contribution in [2.24, 2.45) is 0 Å². The molecule has 0 atom stereocenters. The molecule has 0 saturated heterocycles. The van der Waals surface area contributed by atoms with Gasteiger partial charge in [-0.25, -0.2) is 4.98 Å². The summed E-state index contributed by atoms with van der Waals surface area (Å²) < 4.78 is 5.95. The van der Waals surface area contributed by atoms with E-state index in [0.29, 0.717) is 23.7 Å². The van der Waals surface area contributed by atoms with Crippen LogP contribution in [0.4, 0.5) is 0 Å². The van der Waals surface area contributed by atoms with Gasteiger partial charge in [0.25, 0.3) is 0 Å². The molecule has 1 heterocycles. The molecule has 4 nitrogen and oxygen atoms in total. The normalized spacial score (nSPS) is 10.6. The van der Waals surface area contributed by atoms with Gasteiger partial charge in [0.2, 0.25) is 0 Å². The van der Waals surface area contributed by atoms with Gasteiger partial charge in [-0.3, -0.25) is 4.79 Å². The van der Waals surface area contributed by atoms with Gasteiger partial charge in [-0.15, -0.1) is 11.3 Å². The molecule has 0 bridgehead atoms. The molecule has 0 aliphatic carbocycles. The summed E-state index contributed by atoms with van der Waals surface area (Å²) in [5.74, 6) is -0.130. The lowest BCUT2D eigenvalue weighted by molar-refractivity contribution is -0.136. The molecule has 128 valence electrons. The molecular formula is C19H16ClNO3S. The Morgan fingerprint density at radius 2 is 2.00 bits per heavy atom. The van der Waals surface area contributed by atoms with Crippen LogP contribution in [-0.2, 0) is 24.2 Å². The predicted octanol–water partition coefficient (Wildman–Crippen LogP) is 4.59. The lowest BCUT2D eigenvalue weighted by Gasteiger charge is -2.11. The highest BCUT2D eigenvalue weighted by molar-refractivity contribution is 7.09. The van der Waals surface area contributed by atoms with Crippen molar-refractivity contribution in [2.75, 3.05) is 0 Å². The predicted molar refractivity (Wildman–Crippen MR) is 98.5 cm³/mol. The Hall–Kier alpha value is -2.37.